The summed E-state index contributed by atoms with van der Waals surface area (Å²) in [6.07, 6.45) is 4.05. The molecule has 116 valence electrons. The van der Waals surface area contributed by atoms with Crippen molar-refractivity contribution >= 4 is 21.6 Å². The minimum absolute atomic E-state index is 0.208. The number of hydrogen-bond donors (Lipinski definition) is 3. The first-order chi connectivity index (χ1) is 9.85. The molecule has 2 rings (SSSR count). The Bertz CT molecular complexity index is 598. The first-order valence-corrected chi connectivity index (χ1v) is 8.81. The summed E-state index contributed by atoms with van der Waals surface area (Å²) in [7, 11) is -3.32. The molecule has 6 nitrogen and oxygen atoms in total. The fourth-order valence-corrected chi connectivity index (χ4v) is 3.00. The lowest BCUT2D eigenvalue weighted by molar-refractivity contribution is 0.0717. The van der Waals surface area contributed by atoms with Gasteiger partial charge in [-0.05, 0) is 37.1 Å². The summed E-state index contributed by atoms with van der Waals surface area (Å²) in [6.45, 7) is 0. The number of sulfonamides is 1. The number of aliphatic hydroxyl groups is 1. The van der Waals surface area contributed by atoms with Gasteiger partial charge in [0.05, 0.1) is 18.4 Å². The van der Waals surface area contributed by atoms with Crippen molar-refractivity contribution in [3.05, 3.63) is 29.8 Å². The van der Waals surface area contributed by atoms with Gasteiger partial charge in [-0.3, -0.25) is 9.52 Å². The zero-order valence-electron chi connectivity index (χ0n) is 11.9. The Morgan fingerprint density at radius 3 is 2.38 bits per heavy atom. The van der Waals surface area contributed by atoms with Crippen molar-refractivity contribution in [2.24, 2.45) is 0 Å². The number of amides is 1. The van der Waals surface area contributed by atoms with E-state index in [9.17, 15) is 18.3 Å². The molecule has 0 saturated heterocycles. The van der Waals surface area contributed by atoms with Gasteiger partial charge in [0.1, 0.15) is 0 Å². The normalized spacial score (nSPS) is 22.6. The van der Waals surface area contributed by atoms with Crippen LogP contribution in [-0.2, 0) is 10.0 Å². The number of benzene rings is 1. The lowest BCUT2D eigenvalue weighted by atomic mass is 9.92. The van der Waals surface area contributed by atoms with Crippen LogP contribution in [0.1, 0.15) is 36.0 Å². The van der Waals surface area contributed by atoms with E-state index in [-0.39, 0.29) is 11.9 Å². The topological polar surface area (TPSA) is 95.5 Å². The highest BCUT2D eigenvalue weighted by molar-refractivity contribution is 7.92. The molecule has 0 radical (unpaired) electrons. The highest BCUT2D eigenvalue weighted by atomic mass is 32.2. The third-order valence-corrected chi connectivity index (χ3v) is 4.10. The Morgan fingerprint density at radius 2 is 1.81 bits per heavy atom. The molecule has 0 heterocycles. The molecule has 0 aromatic heterocycles. The largest absolute Gasteiger partial charge is 0.391 e. The fourth-order valence-electron chi connectivity index (χ4n) is 2.44. The Kier molecular flexibility index (Phi) is 4.84. The average molecular weight is 312 g/mol. The molecule has 2 atom stereocenters. The van der Waals surface area contributed by atoms with Crippen LogP contribution in [0.5, 0.6) is 0 Å². The van der Waals surface area contributed by atoms with Gasteiger partial charge in [0.25, 0.3) is 5.91 Å². The molecular weight excluding hydrogens is 292 g/mol. The van der Waals surface area contributed by atoms with Crippen molar-refractivity contribution in [2.75, 3.05) is 11.0 Å². The molecule has 1 aliphatic carbocycles. The Morgan fingerprint density at radius 1 is 1.19 bits per heavy atom. The van der Waals surface area contributed by atoms with Gasteiger partial charge in [-0.1, -0.05) is 12.8 Å². The quantitative estimate of drug-likeness (QED) is 0.775. The maximum absolute atomic E-state index is 12.1. The Hall–Kier alpha value is -1.60. The van der Waals surface area contributed by atoms with Crippen LogP contribution in [0.3, 0.4) is 0 Å². The first-order valence-electron chi connectivity index (χ1n) is 6.92. The predicted octanol–water partition coefficient (Wildman–Crippen LogP) is 1.09. The van der Waals surface area contributed by atoms with Crippen LogP contribution >= 0.6 is 0 Å². The van der Waals surface area contributed by atoms with E-state index in [1.54, 1.807) is 12.1 Å². The highest BCUT2D eigenvalue weighted by Gasteiger charge is 2.24. The zero-order chi connectivity index (χ0) is 15.5. The van der Waals surface area contributed by atoms with Crippen molar-refractivity contribution in [2.45, 2.75) is 37.8 Å². The molecule has 0 bridgehead atoms. The first kappa shape index (κ1) is 15.8. The number of rotatable bonds is 4. The standard InChI is InChI=1S/C14H20N2O4S/c1-21(19,20)16-11-8-6-10(7-9-11)14(18)15-12-4-2-3-5-13(12)17/h6-9,12-13,16-17H,2-5H2,1H3,(H,15,18)/t12-,13-/m0/s1. The van der Waals surface area contributed by atoms with Crippen LogP contribution in [0.15, 0.2) is 24.3 Å². The molecular formula is C14H20N2O4S. The van der Waals surface area contributed by atoms with Gasteiger partial charge in [-0.15, -0.1) is 0 Å². The lowest BCUT2D eigenvalue weighted by Crippen LogP contribution is -2.45. The SMILES string of the molecule is CS(=O)(=O)Nc1ccc(C(=O)N[C@H]2CCCC[C@@H]2O)cc1. The molecule has 3 N–H and O–H groups in total. The molecule has 1 amide bonds. The third-order valence-electron chi connectivity index (χ3n) is 3.50. The van der Waals surface area contributed by atoms with Crippen molar-refractivity contribution in [1.82, 2.24) is 5.32 Å². The van der Waals surface area contributed by atoms with E-state index in [0.29, 0.717) is 17.7 Å². The van der Waals surface area contributed by atoms with E-state index in [2.05, 4.69) is 10.0 Å². The van der Waals surface area contributed by atoms with Crippen molar-refractivity contribution in [3.8, 4) is 0 Å². The molecule has 0 spiro atoms. The molecule has 0 unspecified atom stereocenters. The van der Waals surface area contributed by atoms with Crippen LogP contribution in [0.2, 0.25) is 0 Å². The maximum atomic E-state index is 12.1. The zero-order valence-corrected chi connectivity index (χ0v) is 12.7. The van der Waals surface area contributed by atoms with E-state index in [1.807, 2.05) is 0 Å². The summed E-state index contributed by atoms with van der Waals surface area (Å²) in [5, 5.41) is 12.7. The summed E-state index contributed by atoms with van der Waals surface area (Å²) in [5.74, 6) is -0.258. The Balaban J connectivity index is 1.99. The van der Waals surface area contributed by atoms with Gasteiger partial charge in [-0.2, -0.15) is 0 Å². The number of anilines is 1. The molecule has 1 fully saturated rings. The van der Waals surface area contributed by atoms with Gasteiger partial charge in [0, 0.05) is 11.3 Å². The second-order valence-corrected chi connectivity index (χ2v) is 7.13. The average Bonchev–Trinajstić information content (AvgIpc) is 2.40. The van der Waals surface area contributed by atoms with Gasteiger partial charge in [0.15, 0.2) is 0 Å². The minimum Gasteiger partial charge on any atom is -0.391 e. The molecule has 7 heteroatoms. The number of carbonyl (C=O) groups is 1. The summed E-state index contributed by atoms with van der Waals surface area (Å²) in [5.41, 5.74) is 0.846. The second-order valence-electron chi connectivity index (χ2n) is 5.38. The Labute approximate surface area is 124 Å². The molecule has 1 aromatic rings. The fraction of sp³-hybridized carbons (Fsp3) is 0.500. The maximum Gasteiger partial charge on any atom is 0.251 e. The predicted molar refractivity (Wildman–Crippen MR) is 80.6 cm³/mol. The van der Waals surface area contributed by atoms with E-state index >= 15 is 0 Å². The van der Waals surface area contributed by atoms with Gasteiger partial charge < -0.3 is 10.4 Å². The molecule has 1 aromatic carbocycles. The number of nitrogens with one attached hydrogen (secondary N) is 2. The summed E-state index contributed by atoms with van der Waals surface area (Å²) >= 11 is 0. The smallest absolute Gasteiger partial charge is 0.251 e. The van der Waals surface area contributed by atoms with E-state index in [0.717, 1.165) is 25.5 Å². The van der Waals surface area contributed by atoms with Crippen LogP contribution in [0, 0.1) is 0 Å². The van der Waals surface area contributed by atoms with Crippen LogP contribution < -0.4 is 10.0 Å². The van der Waals surface area contributed by atoms with Crippen molar-refractivity contribution < 1.29 is 18.3 Å². The lowest BCUT2D eigenvalue weighted by Gasteiger charge is -2.28. The molecule has 0 aliphatic heterocycles. The van der Waals surface area contributed by atoms with Crippen molar-refractivity contribution in [3.63, 3.8) is 0 Å². The minimum atomic E-state index is -3.32. The van der Waals surface area contributed by atoms with E-state index in [1.165, 1.54) is 12.1 Å². The van der Waals surface area contributed by atoms with Gasteiger partial charge in [-0.25, -0.2) is 8.42 Å². The number of carbonyl (C=O) groups excluding carboxylic acids is 1. The highest BCUT2D eigenvalue weighted by Crippen LogP contribution is 2.19. The molecule has 1 aliphatic rings. The van der Waals surface area contributed by atoms with Crippen LogP contribution in [0.25, 0.3) is 0 Å². The summed E-state index contributed by atoms with van der Waals surface area (Å²) < 4.78 is 24.5. The van der Waals surface area contributed by atoms with Crippen LogP contribution in [-0.4, -0.2) is 37.8 Å². The van der Waals surface area contributed by atoms with Crippen LogP contribution in [0.4, 0.5) is 5.69 Å². The van der Waals surface area contributed by atoms with E-state index < -0.39 is 16.1 Å². The summed E-state index contributed by atoms with van der Waals surface area (Å²) in [4.78, 5) is 12.1. The number of hydrogen-bond acceptors (Lipinski definition) is 4. The monoisotopic (exact) mass is 312 g/mol. The summed E-state index contributed by atoms with van der Waals surface area (Å²) in [6, 6.07) is 5.97. The second kappa shape index (κ2) is 6.44. The molecule has 1 saturated carbocycles. The van der Waals surface area contributed by atoms with Gasteiger partial charge >= 0.3 is 0 Å². The molecule has 21 heavy (non-hydrogen) atoms. The number of aliphatic hydroxyl groups excluding tert-OH is 1. The van der Waals surface area contributed by atoms with E-state index in [4.69, 9.17) is 0 Å². The van der Waals surface area contributed by atoms with Crippen molar-refractivity contribution in [1.29, 1.82) is 0 Å². The third kappa shape index (κ3) is 4.71. The van der Waals surface area contributed by atoms with Gasteiger partial charge in [0.2, 0.25) is 10.0 Å².